The van der Waals surface area contributed by atoms with Gasteiger partial charge in [-0.3, -0.25) is 0 Å². The number of hydrogen-bond donors (Lipinski definition) is 1. The van der Waals surface area contributed by atoms with Crippen LogP contribution in [0.15, 0.2) is 21.2 Å². The van der Waals surface area contributed by atoms with Gasteiger partial charge in [0.1, 0.15) is 5.76 Å². The van der Waals surface area contributed by atoms with Gasteiger partial charge in [-0.05, 0) is 32.5 Å². The molecule has 0 aliphatic rings. The SMILES string of the molecule is CCNCCCc1nnc(-c2ccoc2C)o1. The monoisotopic (exact) mass is 235 g/mol. The second-order valence-corrected chi connectivity index (χ2v) is 3.85. The van der Waals surface area contributed by atoms with E-state index in [4.69, 9.17) is 8.83 Å². The molecule has 5 nitrogen and oxygen atoms in total. The molecule has 0 aliphatic carbocycles. The summed E-state index contributed by atoms with van der Waals surface area (Å²) >= 11 is 0. The van der Waals surface area contributed by atoms with Crippen molar-refractivity contribution < 1.29 is 8.83 Å². The minimum atomic E-state index is 0.537. The molecule has 1 N–H and O–H groups in total. The summed E-state index contributed by atoms with van der Waals surface area (Å²) in [5, 5.41) is 11.3. The highest BCUT2D eigenvalue weighted by molar-refractivity contribution is 5.54. The molecule has 2 aromatic heterocycles. The molecule has 0 atom stereocenters. The Kier molecular flexibility index (Phi) is 3.93. The summed E-state index contributed by atoms with van der Waals surface area (Å²) in [6, 6.07) is 1.84. The lowest BCUT2D eigenvalue weighted by molar-refractivity contribution is 0.489. The number of nitrogens with one attached hydrogen (secondary N) is 1. The van der Waals surface area contributed by atoms with Crippen molar-refractivity contribution in [2.75, 3.05) is 13.1 Å². The van der Waals surface area contributed by atoms with Gasteiger partial charge in [0.05, 0.1) is 11.8 Å². The van der Waals surface area contributed by atoms with E-state index >= 15 is 0 Å². The van der Waals surface area contributed by atoms with E-state index in [-0.39, 0.29) is 0 Å². The molecule has 0 fully saturated rings. The van der Waals surface area contributed by atoms with Gasteiger partial charge in [0.25, 0.3) is 5.89 Å². The Morgan fingerprint density at radius 2 is 2.24 bits per heavy atom. The summed E-state index contributed by atoms with van der Waals surface area (Å²) in [6.45, 7) is 5.93. The highest BCUT2D eigenvalue weighted by atomic mass is 16.4. The molecule has 2 rings (SSSR count). The van der Waals surface area contributed by atoms with E-state index in [9.17, 15) is 0 Å². The number of aryl methyl sites for hydroxylation is 2. The van der Waals surface area contributed by atoms with Crippen LogP contribution in [0.5, 0.6) is 0 Å². The van der Waals surface area contributed by atoms with Gasteiger partial charge in [0.2, 0.25) is 5.89 Å². The van der Waals surface area contributed by atoms with Crippen LogP contribution in [-0.2, 0) is 6.42 Å². The molecule has 0 saturated heterocycles. The molecule has 0 aliphatic heterocycles. The number of aromatic nitrogens is 2. The van der Waals surface area contributed by atoms with Crippen LogP contribution in [0.4, 0.5) is 0 Å². The highest BCUT2D eigenvalue weighted by Crippen LogP contribution is 2.22. The second-order valence-electron chi connectivity index (χ2n) is 3.85. The Bertz CT molecular complexity index is 462. The Morgan fingerprint density at radius 1 is 1.35 bits per heavy atom. The summed E-state index contributed by atoms with van der Waals surface area (Å²) < 4.78 is 10.8. The molecule has 0 aromatic carbocycles. The molecular formula is C12H17N3O2. The quantitative estimate of drug-likeness (QED) is 0.777. The van der Waals surface area contributed by atoms with Gasteiger partial charge >= 0.3 is 0 Å². The molecule has 0 saturated carbocycles. The van der Waals surface area contributed by atoms with Crippen molar-refractivity contribution in [3.05, 3.63) is 24.0 Å². The van der Waals surface area contributed by atoms with Crippen molar-refractivity contribution in [3.8, 4) is 11.5 Å². The third kappa shape index (κ3) is 2.94. The number of rotatable bonds is 6. The van der Waals surface area contributed by atoms with Crippen molar-refractivity contribution in [1.82, 2.24) is 15.5 Å². The van der Waals surface area contributed by atoms with Crippen molar-refractivity contribution in [3.63, 3.8) is 0 Å². The van der Waals surface area contributed by atoms with Crippen LogP contribution in [0, 0.1) is 6.92 Å². The van der Waals surface area contributed by atoms with E-state index in [0.29, 0.717) is 11.8 Å². The molecule has 2 aromatic rings. The molecule has 5 heteroatoms. The van der Waals surface area contributed by atoms with Gasteiger partial charge in [-0.25, -0.2) is 0 Å². The van der Waals surface area contributed by atoms with E-state index in [0.717, 1.165) is 37.3 Å². The molecule has 92 valence electrons. The third-order valence-electron chi connectivity index (χ3n) is 2.55. The predicted octanol–water partition coefficient (Wildman–Crippen LogP) is 2.18. The normalized spacial score (nSPS) is 10.9. The lowest BCUT2D eigenvalue weighted by atomic mass is 10.3. The van der Waals surface area contributed by atoms with Crippen molar-refractivity contribution in [1.29, 1.82) is 0 Å². The average molecular weight is 235 g/mol. The van der Waals surface area contributed by atoms with Crippen LogP contribution >= 0.6 is 0 Å². The Morgan fingerprint density at radius 3 is 2.94 bits per heavy atom. The number of furan rings is 1. The summed E-state index contributed by atoms with van der Waals surface area (Å²) in [6.07, 6.45) is 3.43. The summed E-state index contributed by atoms with van der Waals surface area (Å²) in [5.74, 6) is 2.01. The minimum Gasteiger partial charge on any atom is -0.469 e. The zero-order valence-electron chi connectivity index (χ0n) is 10.2. The van der Waals surface area contributed by atoms with E-state index in [1.807, 2.05) is 13.0 Å². The Labute approximate surface area is 100 Å². The fourth-order valence-electron chi connectivity index (χ4n) is 1.61. The fraction of sp³-hybridized carbons (Fsp3) is 0.500. The van der Waals surface area contributed by atoms with Gasteiger partial charge in [-0.1, -0.05) is 6.92 Å². The summed E-state index contributed by atoms with van der Waals surface area (Å²) in [5.41, 5.74) is 0.871. The maximum Gasteiger partial charge on any atom is 0.251 e. The van der Waals surface area contributed by atoms with Crippen LogP contribution in [0.25, 0.3) is 11.5 Å². The number of nitrogens with zero attached hydrogens (tertiary/aromatic N) is 2. The number of hydrogen-bond acceptors (Lipinski definition) is 5. The first kappa shape index (κ1) is 11.9. The standard InChI is InChI=1S/C12H17N3O2/c1-3-13-7-4-5-11-14-15-12(17-11)10-6-8-16-9(10)2/h6,8,13H,3-5,7H2,1-2H3. The largest absolute Gasteiger partial charge is 0.469 e. The molecule has 0 unspecified atom stereocenters. The van der Waals surface area contributed by atoms with E-state index in [1.54, 1.807) is 6.26 Å². The lowest BCUT2D eigenvalue weighted by Crippen LogP contribution is -2.14. The van der Waals surface area contributed by atoms with Gasteiger partial charge in [0.15, 0.2) is 0 Å². The average Bonchev–Trinajstić information content (AvgIpc) is 2.93. The van der Waals surface area contributed by atoms with Crippen LogP contribution in [-0.4, -0.2) is 23.3 Å². The van der Waals surface area contributed by atoms with Gasteiger partial charge < -0.3 is 14.2 Å². The maximum absolute atomic E-state index is 5.58. The fourth-order valence-corrected chi connectivity index (χ4v) is 1.61. The van der Waals surface area contributed by atoms with Crippen LogP contribution in [0.2, 0.25) is 0 Å². The van der Waals surface area contributed by atoms with Crippen molar-refractivity contribution in [2.45, 2.75) is 26.7 Å². The zero-order valence-corrected chi connectivity index (χ0v) is 10.2. The van der Waals surface area contributed by atoms with Gasteiger partial charge in [-0.2, -0.15) is 0 Å². The van der Waals surface area contributed by atoms with E-state index in [1.165, 1.54) is 0 Å². The smallest absolute Gasteiger partial charge is 0.251 e. The molecule has 0 spiro atoms. The summed E-state index contributed by atoms with van der Waals surface area (Å²) in [4.78, 5) is 0. The lowest BCUT2D eigenvalue weighted by Gasteiger charge is -1.97. The molecule has 0 bridgehead atoms. The highest BCUT2D eigenvalue weighted by Gasteiger charge is 2.12. The Hall–Kier alpha value is -1.62. The Balaban J connectivity index is 1.95. The minimum absolute atomic E-state index is 0.537. The molecule has 2 heterocycles. The van der Waals surface area contributed by atoms with E-state index in [2.05, 4.69) is 22.4 Å². The molecular weight excluding hydrogens is 218 g/mol. The maximum atomic E-state index is 5.58. The topological polar surface area (TPSA) is 64.1 Å². The van der Waals surface area contributed by atoms with Crippen LogP contribution in [0.1, 0.15) is 25.0 Å². The molecule has 0 radical (unpaired) electrons. The predicted molar refractivity (Wildman–Crippen MR) is 63.6 cm³/mol. The first-order valence-electron chi connectivity index (χ1n) is 5.89. The van der Waals surface area contributed by atoms with Crippen molar-refractivity contribution in [2.24, 2.45) is 0 Å². The van der Waals surface area contributed by atoms with E-state index < -0.39 is 0 Å². The first-order chi connectivity index (χ1) is 8.31. The third-order valence-corrected chi connectivity index (χ3v) is 2.55. The van der Waals surface area contributed by atoms with Gasteiger partial charge in [-0.15, -0.1) is 10.2 Å². The zero-order chi connectivity index (χ0) is 12.1. The van der Waals surface area contributed by atoms with Crippen LogP contribution < -0.4 is 5.32 Å². The molecule has 0 amide bonds. The van der Waals surface area contributed by atoms with Crippen LogP contribution in [0.3, 0.4) is 0 Å². The van der Waals surface area contributed by atoms with Gasteiger partial charge in [0, 0.05) is 6.42 Å². The first-order valence-corrected chi connectivity index (χ1v) is 5.89. The second kappa shape index (κ2) is 5.63. The molecule has 17 heavy (non-hydrogen) atoms. The van der Waals surface area contributed by atoms with Crippen molar-refractivity contribution >= 4 is 0 Å². The summed E-state index contributed by atoms with van der Waals surface area (Å²) in [7, 11) is 0.